The van der Waals surface area contributed by atoms with Gasteiger partial charge in [0.2, 0.25) is 0 Å². The lowest BCUT2D eigenvalue weighted by Gasteiger charge is -2.09. The van der Waals surface area contributed by atoms with Crippen LogP contribution in [-0.4, -0.2) is 20.9 Å². The third-order valence-electron chi connectivity index (χ3n) is 1.93. The van der Waals surface area contributed by atoms with E-state index >= 15 is 0 Å². The molecule has 1 rings (SSSR count). The number of nitrogens with two attached hydrogens (primary N) is 1. The lowest BCUT2D eigenvalue weighted by Crippen LogP contribution is -2.24. The summed E-state index contributed by atoms with van der Waals surface area (Å²) < 4.78 is 1.61. The Balaban J connectivity index is 3.10. The summed E-state index contributed by atoms with van der Waals surface area (Å²) in [7, 11) is 0. The molecule has 0 aliphatic carbocycles. The molecular formula is C8H13N3O2. The van der Waals surface area contributed by atoms with Gasteiger partial charge in [-0.1, -0.05) is 0 Å². The Kier molecular flexibility index (Phi) is 2.67. The average Bonchev–Trinajstić information content (AvgIpc) is 2.45. The molecule has 0 bridgehead atoms. The number of carboxylic acid groups (broad SMARTS) is 1. The molecule has 0 spiro atoms. The monoisotopic (exact) mass is 183 g/mol. The molecule has 0 saturated heterocycles. The predicted molar refractivity (Wildman–Crippen MR) is 47.2 cm³/mol. The van der Waals surface area contributed by atoms with Crippen LogP contribution in [0.1, 0.15) is 24.2 Å². The van der Waals surface area contributed by atoms with E-state index < -0.39 is 12.0 Å². The van der Waals surface area contributed by atoms with Gasteiger partial charge in [-0.15, -0.1) is 0 Å². The van der Waals surface area contributed by atoms with E-state index in [2.05, 4.69) is 5.10 Å². The van der Waals surface area contributed by atoms with Gasteiger partial charge >= 0.3 is 5.97 Å². The second-order valence-corrected chi connectivity index (χ2v) is 2.84. The third kappa shape index (κ3) is 1.70. The van der Waals surface area contributed by atoms with Gasteiger partial charge in [-0.3, -0.25) is 9.48 Å². The zero-order chi connectivity index (χ0) is 10.0. The van der Waals surface area contributed by atoms with E-state index in [4.69, 9.17) is 10.8 Å². The van der Waals surface area contributed by atoms with E-state index in [0.717, 1.165) is 5.56 Å². The highest BCUT2D eigenvalue weighted by Gasteiger charge is 2.20. The van der Waals surface area contributed by atoms with Crippen molar-refractivity contribution in [3.05, 3.63) is 17.5 Å². The van der Waals surface area contributed by atoms with E-state index in [-0.39, 0.29) is 0 Å². The maximum absolute atomic E-state index is 10.7. The highest BCUT2D eigenvalue weighted by Crippen LogP contribution is 2.15. The van der Waals surface area contributed by atoms with Gasteiger partial charge in [0, 0.05) is 6.54 Å². The molecule has 13 heavy (non-hydrogen) atoms. The topological polar surface area (TPSA) is 81.1 Å². The maximum atomic E-state index is 10.7. The van der Waals surface area contributed by atoms with E-state index in [1.807, 2.05) is 6.92 Å². The van der Waals surface area contributed by atoms with Crippen LogP contribution in [-0.2, 0) is 11.3 Å². The van der Waals surface area contributed by atoms with E-state index in [1.165, 1.54) is 0 Å². The highest BCUT2D eigenvalue weighted by atomic mass is 16.4. The first-order valence-electron chi connectivity index (χ1n) is 4.08. The first-order valence-corrected chi connectivity index (χ1v) is 4.08. The van der Waals surface area contributed by atoms with Gasteiger partial charge in [0.1, 0.15) is 6.04 Å². The normalized spacial score (nSPS) is 12.8. The first-order chi connectivity index (χ1) is 6.07. The Labute approximate surface area is 76.2 Å². The van der Waals surface area contributed by atoms with Crippen LogP contribution < -0.4 is 5.73 Å². The summed E-state index contributed by atoms with van der Waals surface area (Å²) in [5.74, 6) is -1.03. The van der Waals surface area contributed by atoms with Crippen molar-refractivity contribution in [3.63, 3.8) is 0 Å². The summed E-state index contributed by atoms with van der Waals surface area (Å²) in [6, 6.07) is -0.984. The van der Waals surface area contributed by atoms with Crippen molar-refractivity contribution in [2.24, 2.45) is 5.73 Å². The summed E-state index contributed by atoms with van der Waals surface area (Å²) in [5.41, 5.74) is 6.89. The van der Waals surface area contributed by atoms with Crippen LogP contribution in [0.3, 0.4) is 0 Å². The van der Waals surface area contributed by atoms with Gasteiger partial charge in [0.25, 0.3) is 0 Å². The molecule has 1 atom stereocenters. The van der Waals surface area contributed by atoms with Crippen LogP contribution in [0.2, 0.25) is 0 Å². The van der Waals surface area contributed by atoms with Crippen molar-refractivity contribution in [3.8, 4) is 0 Å². The zero-order valence-electron chi connectivity index (χ0n) is 7.69. The summed E-state index contributed by atoms with van der Waals surface area (Å²) in [5, 5.41) is 12.7. The molecule has 72 valence electrons. The van der Waals surface area contributed by atoms with Gasteiger partial charge in [-0.05, 0) is 19.4 Å². The number of hydrogen-bond donors (Lipinski definition) is 2. The smallest absolute Gasteiger partial charge is 0.326 e. The molecule has 1 aromatic heterocycles. The molecule has 0 radical (unpaired) electrons. The molecule has 0 aromatic carbocycles. The molecular weight excluding hydrogens is 170 g/mol. The minimum absolute atomic E-state index is 0.579. The number of aryl methyl sites for hydroxylation is 2. The van der Waals surface area contributed by atoms with Crippen molar-refractivity contribution >= 4 is 5.97 Å². The summed E-state index contributed by atoms with van der Waals surface area (Å²) in [6.07, 6.45) is 1.63. The molecule has 0 fully saturated rings. The number of carboxylic acids is 1. The lowest BCUT2D eigenvalue weighted by atomic mass is 10.1. The van der Waals surface area contributed by atoms with Gasteiger partial charge in [0.15, 0.2) is 0 Å². The number of nitrogens with zero attached hydrogens (tertiary/aromatic N) is 2. The van der Waals surface area contributed by atoms with Crippen LogP contribution in [0.15, 0.2) is 6.20 Å². The number of aliphatic carboxylic acids is 1. The molecule has 0 saturated carbocycles. The highest BCUT2D eigenvalue weighted by molar-refractivity contribution is 5.75. The number of carbonyl (C=O) groups is 1. The van der Waals surface area contributed by atoms with Gasteiger partial charge in [-0.25, -0.2) is 0 Å². The molecule has 1 heterocycles. The quantitative estimate of drug-likeness (QED) is 0.706. The van der Waals surface area contributed by atoms with Gasteiger partial charge in [0.05, 0.1) is 11.9 Å². The van der Waals surface area contributed by atoms with Crippen molar-refractivity contribution in [2.75, 3.05) is 0 Å². The molecule has 1 unspecified atom stereocenters. The summed E-state index contributed by atoms with van der Waals surface area (Å²) in [6.45, 7) is 4.33. The molecule has 3 N–H and O–H groups in total. The maximum Gasteiger partial charge on any atom is 0.326 e. The van der Waals surface area contributed by atoms with Crippen molar-refractivity contribution < 1.29 is 9.90 Å². The molecule has 5 nitrogen and oxygen atoms in total. The Morgan fingerprint density at radius 3 is 2.92 bits per heavy atom. The number of aromatic nitrogens is 2. The van der Waals surface area contributed by atoms with Crippen LogP contribution in [0.4, 0.5) is 0 Å². The lowest BCUT2D eigenvalue weighted by molar-refractivity contribution is -0.138. The Hall–Kier alpha value is -1.36. The second kappa shape index (κ2) is 3.57. The van der Waals surface area contributed by atoms with Crippen molar-refractivity contribution in [2.45, 2.75) is 26.4 Å². The number of hydrogen-bond acceptors (Lipinski definition) is 3. The molecule has 0 amide bonds. The van der Waals surface area contributed by atoms with Crippen LogP contribution >= 0.6 is 0 Å². The fourth-order valence-corrected chi connectivity index (χ4v) is 1.26. The fourth-order valence-electron chi connectivity index (χ4n) is 1.26. The Morgan fingerprint density at radius 1 is 1.85 bits per heavy atom. The first kappa shape index (κ1) is 9.73. The largest absolute Gasteiger partial charge is 0.480 e. The molecule has 5 heteroatoms. The zero-order valence-corrected chi connectivity index (χ0v) is 7.69. The van der Waals surface area contributed by atoms with E-state index in [0.29, 0.717) is 12.2 Å². The predicted octanol–water partition coefficient (Wildman–Crippen LogP) is 0.296. The minimum atomic E-state index is -1.03. The minimum Gasteiger partial charge on any atom is -0.480 e. The Bertz CT molecular complexity index is 319. The van der Waals surface area contributed by atoms with Crippen LogP contribution in [0.5, 0.6) is 0 Å². The SMILES string of the molecule is CCn1ncc(C)c1C(N)C(=O)O. The average molecular weight is 183 g/mol. The van der Waals surface area contributed by atoms with E-state index in [9.17, 15) is 4.79 Å². The molecule has 1 aromatic rings. The van der Waals surface area contributed by atoms with Crippen molar-refractivity contribution in [1.82, 2.24) is 9.78 Å². The third-order valence-corrected chi connectivity index (χ3v) is 1.93. The molecule has 0 aliphatic heterocycles. The summed E-state index contributed by atoms with van der Waals surface area (Å²) in [4.78, 5) is 10.7. The number of rotatable bonds is 3. The standard InChI is InChI=1S/C8H13N3O2/c1-3-11-7(5(2)4-10-11)6(9)8(12)13/h4,6H,3,9H2,1-2H3,(H,12,13). The van der Waals surface area contributed by atoms with Gasteiger partial charge in [-0.2, -0.15) is 5.10 Å². The van der Waals surface area contributed by atoms with Gasteiger partial charge < -0.3 is 10.8 Å². The van der Waals surface area contributed by atoms with E-state index in [1.54, 1.807) is 17.8 Å². The van der Waals surface area contributed by atoms with Crippen molar-refractivity contribution in [1.29, 1.82) is 0 Å². The van der Waals surface area contributed by atoms with Crippen LogP contribution in [0.25, 0.3) is 0 Å². The Morgan fingerprint density at radius 2 is 2.46 bits per heavy atom. The summed E-state index contributed by atoms with van der Waals surface area (Å²) >= 11 is 0. The van der Waals surface area contributed by atoms with Crippen LogP contribution in [0, 0.1) is 6.92 Å². The second-order valence-electron chi connectivity index (χ2n) is 2.84. The molecule has 0 aliphatic rings. The fraction of sp³-hybridized carbons (Fsp3) is 0.500.